The average molecular weight is 379 g/mol. The van der Waals surface area contributed by atoms with E-state index in [1.165, 1.54) is 4.88 Å². The number of rotatable bonds is 10. The van der Waals surface area contributed by atoms with Crippen molar-refractivity contribution in [2.45, 2.75) is 40.3 Å². The Morgan fingerprint density at radius 2 is 2.19 bits per heavy atom. The van der Waals surface area contributed by atoms with Crippen LogP contribution in [0, 0.1) is 12.8 Å². The maximum atomic E-state index is 5.62. The van der Waals surface area contributed by atoms with Gasteiger partial charge in [-0.2, -0.15) is 0 Å². The monoisotopic (exact) mass is 378 g/mol. The Hall–Kier alpha value is -1.93. The first-order valence-corrected chi connectivity index (χ1v) is 9.91. The molecule has 0 unspecified atom stereocenters. The summed E-state index contributed by atoms with van der Waals surface area (Å²) in [5.41, 5.74) is 0. The van der Waals surface area contributed by atoms with E-state index in [9.17, 15) is 0 Å². The molecule has 0 saturated heterocycles. The topological polar surface area (TPSA) is 76.4 Å². The highest BCUT2D eigenvalue weighted by atomic mass is 32.1. The molecule has 0 spiro atoms. The van der Waals surface area contributed by atoms with Crippen LogP contribution in [-0.4, -0.2) is 40.5 Å². The first-order chi connectivity index (χ1) is 12.6. The number of ether oxygens (including phenoxy) is 1. The molecule has 2 rings (SSSR count). The zero-order valence-electron chi connectivity index (χ0n) is 16.2. The van der Waals surface area contributed by atoms with Crippen LogP contribution >= 0.6 is 11.3 Å². The predicted molar refractivity (Wildman–Crippen MR) is 106 cm³/mol. The van der Waals surface area contributed by atoms with Gasteiger partial charge in [0.15, 0.2) is 11.8 Å². The molecule has 2 aromatic rings. The molecule has 0 bridgehead atoms. The van der Waals surface area contributed by atoms with Crippen molar-refractivity contribution in [2.75, 3.05) is 19.8 Å². The first kappa shape index (κ1) is 20.4. The summed E-state index contributed by atoms with van der Waals surface area (Å²) in [6, 6.07) is 4.17. The Balaban J connectivity index is 1.84. The molecule has 144 valence electrons. The van der Waals surface area contributed by atoms with E-state index in [1.54, 1.807) is 11.3 Å². The van der Waals surface area contributed by atoms with Crippen LogP contribution < -0.4 is 10.6 Å². The second-order valence-electron chi connectivity index (χ2n) is 6.57. The largest absolute Gasteiger partial charge is 0.381 e. The van der Waals surface area contributed by atoms with E-state index in [4.69, 9.17) is 4.74 Å². The molecule has 0 radical (unpaired) electrons. The van der Waals surface area contributed by atoms with E-state index in [2.05, 4.69) is 57.2 Å². The third kappa shape index (κ3) is 7.13. The highest BCUT2D eigenvalue weighted by molar-refractivity contribution is 7.09. The molecule has 2 aromatic heterocycles. The zero-order valence-corrected chi connectivity index (χ0v) is 17.0. The van der Waals surface area contributed by atoms with E-state index in [0.29, 0.717) is 12.5 Å². The normalized spacial score (nSPS) is 12.0. The van der Waals surface area contributed by atoms with Crippen molar-refractivity contribution < 1.29 is 4.74 Å². The van der Waals surface area contributed by atoms with E-state index in [0.717, 1.165) is 50.3 Å². The molecule has 0 amide bonds. The summed E-state index contributed by atoms with van der Waals surface area (Å²) in [7, 11) is 1.96. The van der Waals surface area contributed by atoms with Gasteiger partial charge in [0, 0.05) is 31.7 Å². The van der Waals surface area contributed by atoms with Crippen LogP contribution in [0.1, 0.15) is 36.8 Å². The lowest BCUT2D eigenvalue weighted by atomic mass is 10.2. The third-order valence-corrected chi connectivity index (χ3v) is 4.66. The molecule has 0 aliphatic heterocycles. The fraction of sp³-hybridized carbons (Fsp3) is 0.611. The number of hydrogen-bond donors (Lipinski definition) is 2. The highest BCUT2D eigenvalue weighted by Gasteiger charge is 2.05. The van der Waals surface area contributed by atoms with Gasteiger partial charge in [0.05, 0.1) is 6.54 Å². The molecule has 0 aromatic carbocycles. The maximum Gasteiger partial charge on any atom is 0.192 e. The molecule has 7 nitrogen and oxygen atoms in total. The molecule has 26 heavy (non-hydrogen) atoms. The number of aliphatic imine (C=N–C) groups is 1. The van der Waals surface area contributed by atoms with Crippen LogP contribution in [0.25, 0.3) is 0 Å². The maximum absolute atomic E-state index is 5.62. The molecule has 8 heteroatoms. The smallest absolute Gasteiger partial charge is 0.192 e. The highest BCUT2D eigenvalue weighted by Crippen LogP contribution is 2.07. The van der Waals surface area contributed by atoms with E-state index < -0.39 is 0 Å². The van der Waals surface area contributed by atoms with Crippen molar-refractivity contribution >= 4 is 17.3 Å². The van der Waals surface area contributed by atoms with Gasteiger partial charge >= 0.3 is 0 Å². The van der Waals surface area contributed by atoms with Gasteiger partial charge in [-0.05, 0) is 30.7 Å². The number of nitrogens with zero attached hydrogens (tertiary/aromatic N) is 4. The van der Waals surface area contributed by atoms with Gasteiger partial charge in [-0.15, -0.1) is 21.5 Å². The quantitative estimate of drug-likeness (QED) is 0.377. The minimum absolute atomic E-state index is 0.487. The molecule has 0 atom stereocenters. The van der Waals surface area contributed by atoms with E-state index >= 15 is 0 Å². The van der Waals surface area contributed by atoms with Crippen LogP contribution in [0.3, 0.4) is 0 Å². The van der Waals surface area contributed by atoms with Crippen molar-refractivity contribution in [3.05, 3.63) is 34.0 Å². The minimum Gasteiger partial charge on any atom is -0.381 e. The Labute approximate surface area is 159 Å². The molecular formula is C18H30N6OS. The van der Waals surface area contributed by atoms with Crippen molar-refractivity contribution in [2.24, 2.45) is 18.0 Å². The summed E-state index contributed by atoms with van der Waals surface area (Å²) in [5, 5.41) is 17.1. The Morgan fingerprint density at radius 1 is 1.35 bits per heavy atom. The first-order valence-electron chi connectivity index (χ1n) is 9.03. The van der Waals surface area contributed by atoms with Gasteiger partial charge in [0.25, 0.3) is 0 Å². The lowest BCUT2D eigenvalue weighted by Crippen LogP contribution is -2.37. The number of aryl methyl sites for hydroxylation is 1. The van der Waals surface area contributed by atoms with Gasteiger partial charge in [-0.25, -0.2) is 4.99 Å². The van der Waals surface area contributed by atoms with E-state index in [-0.39, 0.29) is 0 Å². The number of nitrogens with one attached hydrogen (secondary N) is 2. The summed E-state index contributed by atoms with van der Waals surface area (Å²) in [6.07, 6.45) is 0.940. The molecule has 0 aliphatic carbocycles. The molecule has 0 saturated carbocycles. The molecule has 2 heterocycles. The van der Waals surface area contributed by atoms with Gasteiger partial charge in [0.2, 0.25) is 0 Å². The van der Waals surface area contributed by atoms with Crippen molar-refractivity contribution in [1.82, 2.24) is 25.4 Å². The summed E-state index contributed by atoms with van der Waals surface area (Å²) in [4.78, 5) is 5.92. The van der Waals surface area contributed by atoms with Crippen molar-refractivity contribution in [3.63, 3.8) is 0 Å². The molecule has 0 fully saturated rings. The molecular weight excluding hydrogens is 348 g/mol. The standard InChI is InChI=1S/C18H30N6OS/c1-14(2)13-25-9-6-8-19-18(20-11-16-7-5-10-26-16)21-12-17-23-22-15(3)24(17)4/h5,7,10,14H,6,8-9,11-13H2,1-4H3,(H2,19,20,21). The zero-order chi connectivity index (χ0) is 18.8. The van der Waals surface area contributed by atoms with Crippen molar-refractivity contribution in [1.29, 1.82) is 0 Å². The second-order valence-corrected chi connectivity index (χ2v) is 7.60. The van der Waals surface area contributed by atoms with Gasteiger partial charge in [0.1, 0.15) is 12.4 Å². The molecule has 0 aliphatic rings. The van der Waals surface area contributed by atoms with Gasteiger partial charge in [-0.3, -0.25) is 0 Å². The predicted octanol–water partition coefficient (Wildman–Crippen LogP) is 2.48. The Kier molecular flexibility index (Phi) is 8.57. The fourth-order valence-corrected chi connectivity index (χ4v) is 2.84. The molecule has 2 N–H and O–H groups in total. The number of guanidine groups is 1. The van der Waals surface area contributed by atoms with Gasteiger partial charge in [-0.1, -0.05) is 19.9 Å². The number of hydrogen-bond acceptors (Lipinski definition) is 5. The minimum atomic E-state index is 0.487. The van der Waals surface area contributed by atoms with E-state index in [1.807, 2.05) is 18.5 Å². The van der Waals surface area contributed by atoms with Crippen LogP contribution in [0.2, 0.25) is 0 Å². The van der Waals surface area contributed by atoms with Crippen LogP contribution in [0.15, 0.2) is 22.5 Å². The van der Waals surface area contributed by atoms with Crippen molar-refractivity contribution in [3.8, 4) is 0 Å². The Bertz CT molecular complexity index is 665. The fourth-order valence-electron chi connectivity index (χ4n) is 2.20. The number of aromatic nitrogens is 3. The summed E-state index contributed by atoms with van der Waals surface area (Å²) in [6.45, 7) is 9.87. The lowest BCUT2D eigenvalue weighted by molar-refractivity contribution is 0.108. The summed E-state index contributed by atoms with van der Waals surface area (Å²) in [5.74, 6) is 3.09. The summed E-state index contributed by atoms with van der Waals surface area (Å²) < 4.78 is 7.58. The second kappa shape index (κ2) is 10.9. The average Bonchev–Trinajstić information content (AvgIpc) is 3.24. The van der Waals surface area contributed by atoms with Crippen LogP contribution in [0.4, 0.5) is 0 Å². The van der Waals surface area contributed by atoms with Crippen LogP contribution in [0.5, 0.6) is 0 Å². The lowest BCUT2D eigenvalue weighted by Gasteiger charge is -2.12. The van der Waals surface area contributed by atoms with Crippen LogP contribution in [-0.2, 0) is 24.9 Å². The van der Waals surface area contributed by atoms with Gasteiger partial charge < -0.3 is 19.9 Å². The Morgan fingerprint density at radius 3 is 2.85 bits per heavy atom. The number of thiophene rings is 1. The third-order valence-electron chi connectivity index (χ3n) is 3.78. The SMILES string of the molecule is Cc1nnc(CN=C(NCCCOCC(C)C)NCc2cccs2)n1C. The summed E-state index contributed by atoms with van der Waals surface area (Å²) >= 11 is 1.73.